The molecule has 2 aromatic heterocycles. The number of aryl methyl sites for hydroxylation is 1. The predicted molar refractivity (Wildman–Crippen MR) is 73.3 cm³/mol. The molecule has 0 spiro atoms. The van der Waals surface area contributed by atoms with Gasteiger partial charge in [0.2, 0.25) is 4.96 Å². The van der Waals surface area contributed by atoms with Crippen LogP contribution in [0.3, 0.4) is 0 Å². The average Bonchev–Trinajstić information content (AvgIpc) is 2.89. The van der Waals surface area contributed by atoms with Crippen LogP contribution in [0.15, 0.2) is 28.9 Å². The molecular formula is C12H9BrFN3S. The maximum atomic E-state index is 13.7. The summed E-state index contributed by atoms with van der Waals surface area (Å²) in [6.45, 7) is 2.05. The number of hydrogen-bond donors (Lipinski definition) is 0. The smallest absolute Gasteiger partial charge is 0.212 e. The molecule has 0 amide bonds. The van der Waals surface area contributed by atoms with Crippen molar-refractivity contribution in [3.63, 3.8) is 0 Å². The van der Waals surface area contributed by atoms with Crippen molar-refractivity contribution < 1.29 is 4.39 Å². The van der Waals surface area contributed by atoms with Gasteiger partial charge >= 0.3 is 0 Å². The standard InChI is InChI=1S/C12H9BrFN3S/c1-2-11-16-17-6-10(15-12(17)18-11)8-5-7(13)3-4-9(8)14/h3-6H,2H2,1H3. The van der Waals surface area contributed by atoms with Crippen LogP contribution >= 0.6 is 27.3 Å². The van der Waals surface area contributed by atoms with Gasteiger partial charge in [-0.2, -0.15) is 5.10 Å². The number of hydrogen-bond acceptors (Lipinski definition) is 3. The summed E-state index contributed by atoms with van der Waals surface area (Å²) in [6.07, 6.45) is 2.64. The third-order valence-electron chi connectivity index (χ3n) is 2.59. The van der Waals surface area contributed by atoms with Gasteiger partial charge < -0.3 is 0 Å². The van der Waals surface area contributed by atoms with Crippen molar-refractivity contribution in [2.24, 2.45) is 0 Å². The van der Waals surface area contributed by atoms with E-state index in [9.17, 15) is 4.39 Å². The topological polar surface area (TPSA) is 30.2 Å². The van der Waals surface area contributed by atoms with E-state index in [0.717, 1.165) is 20.9 Å². The Kier molecular flexibility index (Phi) is 2.91. The molecule has 0 atom stereocenters. The van der Waals surface area contributed by atoms with Crippen LogP contribution in [0.4, 0.5) is 4.39 Å². The van der Waals surface area contributed by atoms with Crippen molar-refractivity contribution in [3.05, 3.63) is 39.7 Å². The molecule has 0 aliphatic rings. The van der Waals surface area contributed by atoms with Gasteiger partial charge in [0.25, 0.3) is 0 Å². The van der Waals surface area contributed by atoms with E-state index in [0.29, 0.717) is 11.3 Å². The SMILES string of the molecule is CCc1nn2cc(-c3cc(Br)ccc3F)nc2s1. The highest BCUT2D eigenvalue weighted by atomic mass is 79.9. The van der Waals surface area contributed by atoms with Crippen LogP contribution in [0.25, 0.3) is 16.2 Å². The van der Waals surface area contributed by atoms with E-state index in [4.69, 9.17) is 0 Å². The van der Waals surface area contributed by atoms with Crippen molar-refractivity contribution >= 4 is 32.2 Å². The number of halogens is 2. The van der Waals surface area contributed by atoms with E-state index in [-0.39, 0.29) is 5.82 Å². The first kappa shape index (κ1) is 11.8. The fraction of sp³-hybridized carbons (Fsp3) is 0.167. The van der Waals surface area contributed by atoms with E-state index in [1.807, 2.05) is 6.92 Å². The van der Waals surface area contributed by atoms with Gasteiger partial charge in [-0.1, -0.05) is 34.2 Å². The first-order valence-corrected chi connectivity index (χ1v) is 7.09. The molecule has 3 nitrogen and oxygen atoms in total. The lowest BCUT2D eigenvalue weighted by atomic mass is 10.1. The zero-order valence-electron chi connectivity index (χ0n) is 9.52. The summed E-state index contributed by atoms with van der Waals surface area (Å²) >= 11 is 4.87. The highest BCUT2D eigenvalue weighted by Crippen LogP contribution is 2.27. The summed E-state index contributed by atoms with van der Waals surface area (Å²) < 4.78 is 16.3. The molecule has 18 heavy (non-hydrogen) atoms. The van der Waals surface area contributed by atoms with E-state index < -0.39 is 0 Å². The van der Waals surface area contributed by atoms with Crippen LogP contribution in [0, 0.1) is 5.82 Å². The molecule has 92 valence electrons. The molecule has 0 aliphatic heterocycles. The Morgan fingerprint density at radius 2 is 2.28 bits per heavy atom. The van der Waals surface area contributed by atoms with Gasteiger partial charge in [-0.15, -0.1) is 0 Å². The first-order chi connectivity index (χ1) is 8.67. The van der Waals surface area contributed by atoms with E-state index in [2.05, 4.69) is 26.0 Å². The molecule has 0 saturated carbocycles. The summed E-state index contributed by atoms with van der Waals surface area (Å²) in [7, 11) is 0. The summed E-state index contributed by atoms with van der Waals surface area (Å²) in [5, 5.41) is 5.39. The van der Waals surface area contributed by atoms with Crippen LogP contribution in [0.2, 0.25) is 0 Å². The molecule has 1 aromatic carbocycles. The Bertz CT molecular complexity index is 688. The van der Waals surface area contributed by atoms with E-state index in [1.165, 1.54) is 17.4 Å². The molecule has 0 bridgehead atoms. The average molecular weight is 326 g/mol. The van der Waals surface area contributed by atoms with Crippen molar-refractivity contribution in [2.75, 3.05) is 0 Å². The normalized spacial score (nSPS) is 11.3. The predicted octanol–water partition coefficient (Wildman–Crippen LogP) is 3.92. The van der Waals surface area contributed by atoms with Crippen molar-refractivity contribution in [3.8, 4) is 11.3 Å². The zero-order valence-corrected chi connectivity index (χ0v) is 11.9. The lowest BCUT2D eigenvalue weighted by Crippen LogP contribution is -1.86. The van der Waals surface area contributed by atoms with Crippen molar-refractivity contribution in [1.82, 2.24) is 14.6 Å². The maximum absolute atomic E-state index is 13.7. The van der Waals surface area contributed by atoms with Gasteiger partial charge in [-0.3, -0.25) is 0 Å². The Labute approximate surface area is 115 Å². The number of benzene rings is 1. The molecule has 0 aliphatic carbocycles. The van der Waals surface area contributed by atoms with Gasteiger partial charge in [0.15, 0.2) is 0 Å². The summed E-state index contributed by atoms with van der Waals surface area (Å²) in [4.78, 5) is 5.20. The molecule has 0 radical (unpaired) electrons. The molecule has 0 unspecified atom stereocenters. The highest BCUT2D eigenvalue weighted by Gasteiger charge is 2.12. The molecule has 2 heterocycles. The van der Waals surface area contributed by atoms with E-state index >= 15 is 0 Å². The highest BCUT2D eigenvalue weighted by molar-refractivity contribution is 9.10. The number of fused-ring (bicyclic) bond motifs is 1. The maximum Gasteiger partial charge on any atom is 0.212 e. The second-order valence-electron chi connectivity index (χ2n) is 3.83. The molecule has 6 heteroatoms. The first-order valence-electron chi connectivity index (χ1n) is 5.48. The number of imidazole rings is 1. The van der Waals surface area contributed by atoms with Gasteiger partial charge in [-0.05, 0) is 24.6 Å². The second-order valence-corrected chi connectivity index (χ2v) is 5.78. The second kappa shape index (κ2) is 4.44. The third kappa shape index (κ3) is 1.95. The monoisotopic (exact) mass is 325 g/mol. The molecule has 0 N–H and O–H groups in total. The lowest BCUT2D eigenvalue weighted by Gasteiger charge is -1.99. The van der Waals surface area contributed by atoms with Crippen LogP contribution in [0.1, 0.15) is 11.9 Å². The van der Waals surface area contributed by atoms with Gasteiger partial charge in [0, 0.05) is 10.0 Å². The number of aromatic nitrogens is 3. The van der Waals surface area contributed by atoms with Gasteiger partial charge in [0.05, 0.1) is 11.9 Å². The molecule has 3 aromatic rings. The Balaban J connectivity index is 2.13. The minimum atomic E-state index is -0.278. The van der Waals surface area contributed by atoms with Gasteiger partial charge in [-0.25, -0.2) is 13.9 Å². The Hall–Kier alpha value is -1.27. The fourth-order valence-electron chi connectivity index (χ4n) is 1.71. The third-order valence-corrected chi connectivity index (χ3v) is 4.15. The minimum Gasteiger partial charge on any atom is -0.217 e. The number of nitrogens with zero attached hydrogens (tertiary/aromatic N) is 3. The lowest BCUT2D eigenvalue weighted by molar-refractivity contribution is 0.630. The molecule has 0 fully saturated rings. The summed E-state index contributed by atoms with van der Waals surface area (Å²) in [5.41, 5.74) is 1.09. The Morgan fingerprint density at radius 3 is 3.00 bits per heavy atom. The number of rotatable bonds is 2. The van der Waals surface area contributed by atoms with Gasteiger partial charge in [0.1, 0.15) is 10.8 Å². The Morgan fingerprint density at radius 1 is 1.44 bits per heavy atom. The van der Waals surface area contributed by atoms with Crippen LogP contribution in [-0.2, 0) is 6.42 Å². The summed E-state index contributed by atoms with van der Waals surface area (Å²) in [6, 6.07) is 4.82. The van der Waals surface area contributed by atoms with E-state index in [1.54, 1.807) is 22.8 Å². The molecule has 0 saturated heterocycles. The zero-order chi connectivity index (χ0) is 12.7. The van der Waals surface area contributed by atoms with Crippen LogP contribution in [-0.4, -0.2) is 14.6 Å². The molecular weight excluding hydrogens is 317 g/mol. The minimum absolute atomic E-state index is 0.278. The van der Waals surface area contributed by atoms with Crippen LogP contribution < -0.4 is 0 Å². The summed E-state index contributed by atoms with van der Waals surface area (Å²) in [5.74, 6) is -0.278. The van der Waals surface area contributed by atoms with Crippen molar-refractivity contribution in [2.45, 2.75) is 13.3 Å². The van der Waals surface area contributed by atoms with Crippen LogP contribution in [0.5, 0.6) is 0 Å². The fourth-order valence-corrected chi connectivity index (χ4v) is 2.88. The van der Waals surface area contributed by atoms with Crippen molar-refractivity contribution in [1.29, 1.82) is 0 Å². The molecule has 3 rings (SSSR count). The quantitative estimate of drug-likeness (QED) is 0.714. The largest absolute Gasteiger partial charge is 0.217 e.